The van der Waals surface area contributed by atoms with Crippen LogP contribution >= 0.6 is 0 Å². The van der Waals surface area contributed by atoms with Crippen molar-refractivity contribution in [1.29, 1.82) is 0 Å². The van der Waals surface area contributed by atoms with Gasteiger partial charge in [0.05, 0.1) is 25.4 Å². The lowest BCUT2D eigenvalue weighted by Crippen LogP contribution is -2.40. The van der Waals surface area contributed by atoms with E-state index in [1.807, 2.05) is 22.9 Å². The Morgan fingerprint density at radius 2 is 1.89 bits per heavy atom. The van der Waals surface area contributed by atoms with Crippen molar-refractivity contribution in [1.82, 2.24) is 14.7 Å². The summed E-state index contributed by atoms with van der Waals surface area (Å²) in [7, 11) is 1.72. The highest BCUT2D eigenvalue weighted by Crippen LogP contribution is 2.17. The lowest BCUT2D eigenvalue weighted by Gasteiger charge is -2.30. The molecule has 0 spiro atoms. The van der Waals surface area contributed by atoms with Crippen LogP contribution in [0.2, 0.25) is 0 Å². The Morgan fingerprint density at radius 1 is 1.15 bits per heavy atom. The molecular formula is C21H31N5O. The number of hydrogen-bond donors (Lipinski definition) is 1. The molecular weight excluding hydrogens is 338 g/mol. The maximum atomic E-state index is 5.19. The van der Waals surface area contributed by atoms with Crippen LogP contribution in [0.4, 0.5) is 5.69 Å². The molecule has 0 amide bonds. The van der Waals surface area contributed by atoms with Gasteiger partial charge in [-0.05, 0) is 45.2 Å². The summed E-state index contributed by atoms with van der Waals surface area (Å²) < 4.78 is 7.21. The summed E-state index contributed by atoms with van der Waals surface area (Å²) in [6.45, 7) is 8.37. The van der Waals surface area contributed by atoms with E-state index in [9.17, 15) is 0 Å². The first kappa shape index (κ1) is 19.4. The van der Waals surface area contributed by atoms with Gasteiger partial charge in [-0.1, -0.05) is 18.2 Å². The maximum absolute atomic E-state index is 5.19. The number of nitrogens with zero attached hydrogens (tertiary/aromatic N) is 4. The second kappa shape index (κ2) is 9.55. The van der Waals surface area contributed by atoms with E-state index in [4.69, 9.17) is 9.73 Å². The van der Waals surface area contributed by atoms with Gasteiger partial charge in [0, 0.05) is 37.1 Å². The number of piperidine rings is 1. The number of methoxy groups -OCH3 is 1. The summed E-state index contributed by atoms with van der Waals surface area (Å²) >= 11 is 0. The van der Waals surface area contributed by atoms with Crippen LogP contribution in [-0.4, -0.2) is 47.4 Å². The number of para-hydroxylation sites is 1. The van der Waals surface area contributed by atoms with Crippen LogP contribution in [0.3, 0.4) is 0 Å². The first-order valence-electron chi connectivity index (χ1n) is 9.82. The Labute approximate surface area is 162 Å². The van der Waals surface area contributed by atoms with Crippen LogP contribution in [-0.2, 0) is 17.8 Å². The number of nitrogens with one attached hydrogen (secondary N) is 1. The molecule has 0 unspecified atom stereocenters. The Balaban J connectivity index is 1.79. The molecule has 0 atom stereocenters. The van der Waals surface area contributed by atoms with Crippen LogP contribution in [0.5, 0.6) is 0 Å². The zero-order chi connectivity index (χ0) is 19.1. The van der Waals surface area contributed by atoms with E-state index >= 15 is 0 Å². The second-order valence-corrected chi connectivity index (χ2v) is 7.04. The third-order valence-electron chi connectivity index (χ3n) is 5.11. The molecule has 1 N–H and O–H groups in total. The van der Waals surface area contributed by atoms with E-state index in [-0.39, 0.29) is 0 Å². The maximum Gasteiger partial charge on any atom is 0.198 e. The predicted octanol–water partition coefficient (Wildman–Crippen LogP) is 3.60. The van der Waals surface area contributed by atoms with Crippen LogP contribution < -0.4 is 5.32 Å². The molecule has 1 fully saturated rings. The summed E-state index contributed by atoms with van der Waals surface area (Å²) in [6, 6.07) is 10.3. The zero-order valence-electron chi connectivity index (χ0n) is 16.7. The number of aliphatic imine (C=N–C) groups is 1. The van der Waals surface area contributed by atoms with E-state index in [2.05, 4.69) is 41.3 Å². The molecule has 27 heavy (non-hydrogen) atoms. The van der Waals surface area contributed by atoms with E-state index < -0.39 is 0 Å². The lowest BCUT2D eigenvalue weighted by atomic mass is 10.1. The molecule has 1 aromatic heterocycles. The van der Waals surface area contributed by atoms with Gasteiger partial charge in [-0.15, -0.1) is 0 Å². The Hall–Kier alpha value is -2.34. The van der Waals surface area contributed by atoms with Crippen molar-refractivity contribution < 1.29 is 4.74 Å². The number of benzene rings is 1. The van der Waals surface area contributed by atoms with E-state index in [0.717, 1.165) is 37.0 Å². The zero-order valence-corrected chi connectivity index (χ0v) is 16.7. The van der Waals surface area contributed by atoms with Gasteiger partial charge in [0.1, 0.15) is 0 Å². The van der Waals surface area contributed by atoms with Gasteiger partial charge in [0.25, 0.3) is 0 Å². The van der Waals surface area contributed by atoms with E-state index in [0.29, 0.717) is 13.2 Å². The van der Waals surface area contributed by atoms with Crippen molar-refractivity contribution in [2.45, 2.75) is 46.2 Å². The molecule has 0 bridgehead atoms. The topological polar surface area (TPSA) is 54.7 Å². The fourth-order valence-corrected chi connectivity index (χ4v) is 3.49. The molecule has 0 saturated carbocycles. The molecule has 1 aliphatic heterocycles. The molecule has 3 rings (SSSR count). The molecule has 6 heteroatoms. The predicted molar refractivity (Wildman–Crippen MR) is 110 cm³/mol. The number of guanidine groups is 1. The minimum absolute atomic E-state index is 0.635. The third kappa shape index (κ3) is 5.10. The SMILES string of the molecule is COCCn1nc(C)c(CN=C(Nc2ccccc2)N2CCCCC2)c1C. The van der Waals surface area contributed by atoms with Crippen molar-refractivity contribution in [3.8, 4) is 0 Å². The van der Waals surface area contributed by atoms with Gasteiger partial charge >= 0.3 is 0 Å². The summed E-state index contributed by atoms with van der Waals surface area (Å²) in [5, 5.41) is 8.18. The Morgan fingerprint density at radius 3 is 2.59 bits per heavy atom. The third-order valence-corrected chi connectivity index (χ3v) is 5.11. The minimum atomic E-state index is 0.635. The van der Waals surface area contributed by atoms with Gasteiger partial charge < -0.3 is 15.0 Å². The molecule has 1 aliphatic rings. The van der Waals surface area contributed by atoms with Crippen molar-refractivity contribution in [2.24, 2.45) is 4.99 Å². The number of anilines is 1. The number of rotatable bonds is 6. The van der Waals surface area contributed by atoms with Gasteiger partial charge in [0.15, 0.2) is 5.96 Å². The van der Waals surface area contributed by atoms with Crippen molar-refractivity contribution in [2.75, 3.05) is 32.1 Å². The van der Waals surface area contributed by atoms with Gasteiger partial charge in [0.2, 0.25) is 0 Å². The molecule has 1 aromatic carbocycles. The van der Waals surface area contributed by atoms with Crippen molar-refractivity contribution in [3.05, 3.63) is 47.3 Å². The number of hydrogen-bond acceptors (Lipinski definition) is 3. The highest BCUT2D eigenvalue weighted by atomic mass is 16.5. The van der Waals surface area contributed by atoms with E-state index in [1.54, 1.807) is 7.11 Å². The average molecular weight is 370 g/mol. The monoisotopic (exact) mass is 369 g/mol. The Bertz CT molecular complexity index is 747. The molecule has 6 nitrogen and oxygen atoms in total. The summed E-state index contributed by atoms with van der Waals surface area (Å²) in [5.41, 5.74) is 4.50. The highest BCUT2D eigenvalue weighted by molar-refractivity contribution is 5.93. The van der Waals surface area contributed by atoms with Crippen LogP contribution in [0.15, 0.2) is 35.3 Å². The van der Waals surface area contributed by atoms with Crippen molar-refractivity contribution in [3.63, 3.8) is 0 Å². The molecule has 2 heterocycles. The standard InChI is InChI=1S/C21H31N5O/c1-17-20(18(2)26(24-17)14-15-27-3)16-22-21(25-12-8-5-9-13-25)23-19-10-6-4-7-11-19/h4,6-7,10-11H,5,8-9,12-16H2,1-3H3,(H,22,23). The fraction of sp³-hybridized carbons (Fsp3) is 0.524. The van der Waals surface area contributed by atoms with Crippen LogP contribution in [0.25, 0.3) is 0 Å². The second-order valence-electron chi connectivity index (χ2n) is 7.04. The lowest BCUT2D eigenvalue weighted by molar-refractivity contribution is 0.182. The van der Waals surface area contributed by atoms with Crippen molar-refractivity contribution >= 4 is 11.6 Å². The first-order chi connectivity index (χ1) is 13.2. The molecule has 2 aromatic rings. The Kier molecular flexibility index (Phi) is 6.87. The van der Waals surface area contributed by atoms with Gasteiger partial charge in [-0.2, -0.15) is 5.10 Å². The molecule has 1 saturated heterocycles. The number of aromatic nitrogens is 2. The van der Waals surface area contributed by atoms with Gasteiger partial charge in [-0.25, -0.2) is 4.99 Å². The molecule has 146 valence electrons. The average Bonchev–Trinajstić information content (AvgIpc) is 2.98. The van der Waals surface area contributed by atoms with Crippen LogP contribution in [0, 0.1) is 13.8 Å². The number of aryl methyl sites for hydroxylation is 1. The van der Waals surface area contributed by atoms with E-state index in [1.165, 1.54) is 30.5 Å². The molecule has 0 radical (unpaired) electrons. The largest absolute Gasteiger partial charge is 0.383 e. The fourth-order valence-electron chi connectivity index (χ4n) is 3.49. The summed E-state index contributed by atoms with van der Waals surface area (Å²) in [5.74, 6) is 0.962. The number of ether oxygens (including phenoxy) is 1. The van der Waals surface area contributed by atoms with Gasteiger partial charge in [-0.3, -0.25) is 4.68 Å². The smallest absolute Gasteiger partial charge is 0.198 e. The highest BCUT2D eigenvalue weighted by Gasteiger charge is 2.16. The quantitative estimate of drug-likeness (QED) is 0.624. The van der Waals surface area contributed by atoms with Crippen LogP contribution in [0.1, 0.15) is 36.2 Å². The minimum Gasteiger partial charge on any atom is -0.383 e. The number of likely N-dealkylation sites (tertiary alicyclic amines) is 1. The summed E-state index contributed by atoms with van der Waals surface area (Å²) in [6.07, 6.45) is 3.75. The normalized spacial score (nSPS) is 15.2. The first-order valence-corrected chi connectivity index (χ1v) is 9.82. The molecule has 0 aliphatic carbocycles. The summed E-state index contributed by atoms with van der Waals surface area (Å²) in [4.78, 5) is 7.35.